The van der Waals surface area contributed by atoms with Crippen LogP contribution in [-0.4, -0.2) is 23.8 Å². The number of carbonyl (C=O) groups is 2. The van der Waals surface area contributed by atoms with Crippen molar-refractivity contribution in [2.24, 2.45) is 0 Å². The largest absolute Gasteiger partial charge is 0.353 e. The molecular weight excluding hydrogens is 288 g/mol. The van der Waals surface area contributed by atoms with Crippen molar-refractivity contribution < 1.29 is 14.3 Å². The summed E-state index contributed by atoms with van der Waals surface area (Å²) < 4.78 is 5.32. The van der Waals surface area contributed by atoms with Gasteiger partial charge in [-0.05, 0) is 41.4 Å². The minimum atomic E-state index is -1.23. The summed E-state index contributed by atoms with van der Waals surface area (Å²) in [6.45, 7) is 14.3. The van der Waals surface area contributed by atoms with Crippen molar-refractivity contribution in [3.05, 3.63) is 34.4 Å². The third-order valence-electron chi connectivity index (χ3n) is 4.73. The number of ether oxygens (including phenoxy) is 1. The molecule has 1 aromatic carbocycles. The average molecular weight is 316 g/mol. The molecule has 1 aliphatic rings. The molecule has 0 spiro atoms. The van der Waals surface area contributed by atoms with E-state index >= 15 is 0 Å². The Balaban J connectivity index is 2.70. The van der Waals surface area contributed by atoms with Crippen molar-refractivity contribution in [1.29, 1.82) is 0 Å². The van der Waals surface area contributed by atoms with Gasteiger partial charge >= 0.3 is 0 Å². The van der Waals surface area contributed by atoms with Gasteiger partial charge in [-0.2, -0.15) is 0 Å². The normalized spacial score (nSPS) is 20.4. The van der Waals surface area contributed by atoms with Crippen molar-refractivity contribution in [3.63, 3.8) is 0 Å². The van der Waals surface area contributed by atoms with E-state index in [-0.39, 0.29) is 30.0 Å². The molecule has 0 N–H and O–H groups in total. The van der Waals surface area contributed by atoms with Gasteiger partial charge in [-0.15, -0.1) is 0 Å². The topological polar surface area (TPSA) is 46.7 Å². The van der Waals surface area contributed by atoms with Crippen LogP contribution in [0.2, 0.25) is 0 Å². The maximum Gasteiger partial charge on any atom is 0.212 e. The van der Waals surface area contributed by atoms with E-state index in [1.54, 1.807) is 0 Å². The smallest absolute Gasteiger partial charge is 0.212 e. The Hall–Kier alpha value is -1.48. The molecule has 3 heteroatoms. The summed E-state index contributed by atoms with van der Waals surface area (Å²) in [6, 6.07) is 4.26. The zero-order valence-electron chi connectivity index (χ0n) is 15.3. The van der Waals surface area contributed by atoms with Crippen molar-refractivity contribution in [1.82, 2.24) is 0 Å². The first-order valence-corrected chi connectivity index (χ1v) is 8.49. The molecule has 23 heavy (non-hydrogen) atoms. The van der Waals surface area contributed by atoms with E-state index in [2.05, 4.69) is 53.7 Å². The molecule has 0 bridgehead atoms. The third kappa shape index (κ3) is 3.12. The summed E-state index contributed by atoms with van der Waals surface area (Å²) >= 11 is 0. The fourth-order valence-electron chi connectivity index (χ4n) is 2.99. The molecule has 1 saturated heterocycles. The maximum absolute atomic E-state index is 13.2. The summed E-state index contributed by atoms with van der Waals surface area (Å²) in [5.41, 5.74) is 2.77. The van der Waals surface area contributed by atoms with Gasteiger partial charge < -0.3 is 4.74 Å². The highest BCUT2D eigenvalue weighted by Gasteiger charge is 2.57. The first-order valence-electron chi connectivity index (χ1n) is 8.49. The van der Waals surface area contributed by atoms with Crippen molar-refractivity contribution in [2.45, 2.75) is 71.8 Å². The molecule has 1 aliphatic heterocycles. The molecule has 1 fully saturated rings. The van der Waals surface area contributed by atoms with E-state index in [0.29, 0.717) is 11.5 Å². The van der Waals surface area contributed by atoms with E-state index in [0.717, 1.165) is 11.1 Å². The maximum atomic E-state index is 13.2. The molecule has 0 amide bonds. The van der Waals surface area contributed by atoms with Gasteiger partial charge in [0, 0.05) is 5.56 Å². The number of carbonyl (C=O) groups excluding carboxylic acids is 2. The minimum Gasteiger partial charge on any atom is -0.353 e. The molecule has 1 aromatic rings. The lowest BCUT2D eigenvalue weighted by molar-refractivity contribution is -0.120. The molecule has 0 aromatic heterocycles. The number of benzene rings is 1. The molecule has 2 rings (SSSR count). The molecule has 126 valence electrons. The zero-order valence-corrected chi connectivity index (χ0v) is 15.3. The lowest BCUT2D eigenvalue weighted by atomic mass is 9.80. The van der Waals surface area contributed by atoms with Gasteiger partial charge in [-0.3, -0.25) is 9.59 Å². The average Bonchev–Trinajstić information content (AvgIpc) is 3.26. The third-order valence-corrected chi connectivity index (χ3v) is 4.73. The second-order valence-corrected chi connectivity index (χ2v) is 7.54. The Bertz CT molecular complexity index is 605. The first kappa shape index (κ1) is 17.9. The van der Waals surface area contributed by atoms with Crippen molar-refractivity contribution >= 4 is 11.6 Å². The Morgan fingerprint density at radius 3 is 1.65 bits per heavy atom. The first-order chi connectivity index (χ1) is 10.6. The van der Waals surface area contributed by atoms with Crippen LogP contribution >= 0.6 is 0 Å². The molecular formula is C20H28O3. The fourth-order valence-corrected chi connectivity index (χ4v) is 2.99. The van der Waals surface area contributed by atoms with Crippen LogP contribution in [0, 0.1) is 0 Å². The number of rotatable bonds is 6. The summed E-state index contributed by atoms with van der Waals surface area (Å²) in [5.74, 6) is 0.474. The van der Waals surface area contributed by atoms with E-state index in [1.807, 2.05) is 0 Å². The lowest BCUT2D eigenvalue weighted by Crippen LogP contribution is -2.34. The van der Waals surface area contributed by atoms with Crippen LogP contribution in [0.15, 0.2) is 12.1 Å². The predicted octanol–water partition coefficient (Wildman–Crippen LogP) is 4.60. The van der Waals surface area contributed by atoms with Crippen LogP contribution in [-0.2, 0) is 9.53 Å². The molecule has 0 radical (unpaired) electrons. The molecule has 0 saturated carbocycles. The number of hydrogen-bond acceptors (Lipinski definition) is 3. The summed E-state index contributed by atoms with van der Waals surface area (Å²) in [4.78, 5) is 25.1. The Labute approximate surface area is 139 Å². The van der Waals surface area contributed by atoms with Crippen molar-refractivity contribution in [2.75, 3.05) is 6.61 Å². The van der Waals surface area contributed by atoms with Gasteiger partial charge in [0.25, 0.3) is 0 Å². The van der Waals surface area contributed by atoms with E-state index in [4.69, 9.17) is 4.74 Å². The highest BCUT2D eigenvalue weighted by molar-refractivity contribution is 6.20. The lowest BCUT2D eigenvalue weighted by Gasteiger charge is -2.23. The van der Waals surface area contributed by atoms with Gasteiger partial charge in [-0.25, -0.2) is 0 Å². The summed E-state index contributed by atoms with van der Waals surface area (Å²) in [5, 5.41) is 0. The number of hydrogen-bond donors (Lipinski definition) is 0. The quantitative estimate of drug-likeness (QED) is 0.438. The predicted molar refractivity (Wildman–Crippen MR) is 92.4 cm³/mol. The van der Waals surface area contributed by atoms with Gasteiger partial charge in [0.1, 0.15) is 0 Å². The van der Waals surface area contributed by atoms with Crippen LogP contribution < -0.4 is 0 Å². The summed E-state index contributed by atoms with van der Waals surface area (Å²) in [6.07, 6.45) is 0. The highest BCUT2D eigenvalue weighted by atomic mass is 16.6. The van der Waals surface area contributed by atoms with Crippen LogP contribution in [0.5, 0.6) is 0 Å². The Morgan fingerprint density at radius 2 is 1.39 bits per heavy atom. The SMILES string of the molecule is CC(=O)C1(C(=O)c2c(C(C)C)cc(C(C)C)cc2C(C)C)CO1. The van der Waals surface area contributed by atoms with Crippen LogP contribution in [0.4, 0.5) is 0 Å². The van der Waals surface area contributed by atoms with Gasteiger partial charge in [0.05, 0.1) is 6.61 Å². The second kappa shape index (κ2) is 6.20. The molecule has 1 atom stereocenters. The minimum absolute atomic E-state index is 0.160. The van der Waals surface area contributed by atoms with E-state index in [1.165, 1.54) is 12.5 Å². The van der Waals surface area contributed by atoms with Gasteiger partial charge in [0.15, 0.2) is 5.78 Å². The zero-order chi connectivity index (χ0) is 17.5. The molecule has 1 unspecified atom stereocenters. The van der Waals surface area contributed by atoms with Crippen LogP contribution in [0.1, 0.15) is 93.3 Å². The fraction of sp³-hybridized carbons (Fsp3) is 0.600. The van der Waals surface area contributed by atoms with Gasteiger partial charge in [0.2, 0.25) is 11.4 Å². The molecule has 3 nitrogen and oxygen atoms in total. The standard InChI is InChI=1S/C20H28O3/c1-11(2)15-8-16(12(3)4)18(17(9-15)13(5)6)19(22)20(10-23-20)14(7)21/h8-9,11-13H,10H2,1-7H3. The number of ketones is 2. The van der Waals surface area contributed by atoms with Crippen molar-refractivity contribution in [3.8, 4) is 0 Å². The highest BCUT2D eigenvalue weighted by Crippen LogP contribution is 2.39. The Kier molecular flexibility index (Phi) is 4.81. The monoisotopic (exact) mass is 316 g/mol. The van der Waals surface area contributed by atoms with Crippen LogP contribution in [0.25, 0.3) is 0 Å². The van der Waals surface area contributed by atoms with Crippen LogP contribution in [0.3, 0.4) is 0 Å². The van der Waals surface area contributed by atoms with Gasteiger partial charge in [-0.1, -0.05) is 53.7 Å². The van der Waals surface area contributed by atoms with E-state index < -0.39 is 5.60 Å². The Morgan fingerprint density at radius 1 is 0.957 bits per heavy atom. The second-order valence-electron chi connectivity index (χ2n) is 7.54. The molecule has 0 aliphatic carbocycles. The number of Topliss-reactive ketones (excluding diaryl/α,β-unsaturated/α-hetero) is 2. The summed E-state index contributed by atoms with van der Waals surface area (Å²) in [7, 11) is 0. The van der Waals surface area contributed by atoms with E-state index in [9.17, 15) is 9.59 Å². The molecule has 1 heterocycles. The number of epoxide rings is 1.